The number of aliphatic hydroxyl groups excluding tert-OH is 6. The summed E-state index contributed by atoms with van der Waals surface area (Å²) in [5.74, 6) is -0.572. The smallest absolute Gasteiger partial charge is 0.229 e. The minimum absolute atomic E-state index is 0.0921. The Labute approximate surface area is 243 Å². The van der Waals surface area contributed by atoms with E-state index in [0.717, 1.165) is 0 Å². The number of hydrogen-bond acceptors (Lipinski definition) is 15. The minimum Gasteiger partial charge on any atom is -0.504 e. The van der Waals surface area contributed by atoms with Crippen molar-refractivity contribution >= 4 is 11.0 Å². The minimum atomic E-state index is -1.80. The van der Waals surface area contributed by atoms with Crippen LogP contribution in [-0.4, -0.2) is 118 Å². The molecule has 0 radical (unpaired) electrons. The molecule has 7 N–H and O–H groups in total. The van der Waals surface area contributed by atoms with Crippen molar-refractivity contribution in [3.05, 3.63) is 46.8 Å². The lowest BCUT2D eigenvalue weighted by molar-refractivity contribution is -0.307. The van der Waals surface area contributed by atoms with Crippen molar-refractivity contribution in [1.29, 1.82) is 0 Å². The lowest BCUT2D eigenvalue weighted by Gasteiger charge is -2.41. The Kier molecular flexibility index (Phi) is 9.07. The van der Waals surface area contributed by atoms with Crippen LogP contribution in [-0.2, 0) is 14.2 Å². The highest BCUT2D eigenvalue weighted by Gasteiger charge is 2.47. The first-order valence-electron chi connectivity index (χ1n) is 13.2. The summed E-state index contributed by atoms with van der Waals surface area (Å²) >= 11 is 0. The monoisotopic (exact) mass is 608 g/mol. The number of methoxy groups -OCH3 is 2. The average Bonchev–Trinajstić information content (AvgIpc) is 3.00. The third-order valence-electron chi connectivity index (χ3n) is 7.36. The van der Waals surface area contributed by atoms with E-state index in [1.807, 2.05) is 0 Å². The van der Waals surface area contributed by atoms with Crippen LogP contribution in [0.15, 0.2) is 45.8 Å². The highest BCUT2D eigenvalue weighted by atomic mass is 16.7. The van der Waals surface area contributed by atoms with E-state index in [4.69, 9.17) is 32.8 Å². The molecule has 2 aliphatic heterocycles. The summed E-state index contributed by atoms with van der Waals surface area (Å²) in [4.78, 5) is 13.4. The lowest BCUT2D eigenvalue weighted by Crippen LogP contribution is -2.61. The van der Waals surface area contributed by atoms with Crippen LogP contribution in [0.3, 0.4) is 0 Å². The second-order valence-corrected chi connectivity index (χ2v) is 10.1. The normalized spacial score (nSPS) is 31.1. The van der Waals surface area contributed by atoms with E-state index in [-0.39, 0.29) is 34.6 Å². The molecule has 9 atom stereocenters. The molecule has 2 fully saturated rings. The second kappa shape index (κ2) is 12.6. The van der Waals surface area contributed by atoms with Crippen LogP contribution in [0.2, 0.25) is 0 Å². The van der Waals surface area contributed by atoms with Gasteiger partial charge in [-0.2, -0.15) is 0 Å². The molecule has 0 aliphatic carbocycles. The van der Waals surface area contributed by atoms with E-state index in [1.165, 1.54) is 26.5 Å². The van der Waals surface area contributed by atoms with Crippen molar-refractivity contribution < 1.29 is 68.6 Å². The predicted molar refractivity (Wildman–Crippen MR) is 144 cm³/mol. The lowest BCUT2D eigenvalue weighted by atomic mass is 9.99. The highest BCUT2D eigenvalue weighted by Crippen LogP contribution is 2.43. The maximum Gasteiger partial charge on any atom is 0.229 e. The number of fused-ring (bicyclic) bond motifs is 1. The molecule has 43 heavy (non-hydrogen) atoms. The fourth-order valence-electron chi connectivity index (χ4n) is 4.87. The molecule has 0 bridgehead atoms. The Morgan fingerprint density at radius 2 is 1.58 bits per heavy atom. The third-order valence-corrected chi connectivity index (χ3v) is 7.36. The van der Waals surface area contributed by atoms with Crippen molar-refractivity contribution in [3.63, 3.8) is 0 Å². The Hall–Kier alpha value is -3.51. The second-order valence-electron chi connectivity index (χ2n) is 10.1. The van der Waals surface area contributed by atoms with Crippen LogP contribution >= 0.6 is 0 Å². The van der Waals surface area contributed by atoms with E-state index in [9.17, 15) is 40.5 Å². The molecule has 3 heterocycles. The van der Waals surface area contributed by atoms with E-state index < -0.39 is 73.1 Å². The first-order chi connectivity index (χ1) is 20.5. The fourth-order valence-corrected chi connectivity index (χ4v) is 4.87. The van der Waals surface area contributed by atoms with E-state index in [2.05, 4.69) is 0 Å². The van der Waals surface area contributed by atoms with Gasteiger partial charge < -0.3 is 68.6 Å². The third kappa shape index (κ3) is 5.86. The first-order valence-corrected chi connectivity index (χ1v) is 13.2. The van der Waals surface area contributed by atoms with Gasteiger partial charge in [0.15, 0.2) is 17.8 Å². The van der Waals surface area contributed by atoms with Crippen molar-refractivity contribution in [1.82, 2.24) is 0 Å². The number of rotatable bonds is 8. The first kappa shape index (κ1) is 30.9. The van der Waals surface area contributed by atoms with Gasteiger partial charge in [0.2, 0.25) is 17.5 Å². The maximum absolute atomic E-state index is 13.4. The quantitative estimate of drug-likeness (QED) is 0.160. The number of benzene rings is 2. The van der Waals surface area contributed by atoms with Gasteiger partial charge in [-0.25, -0.2) is 0 Å². The van der Waals surface area contributed by atoms with E-state index in [0.29, 0.717) is 11.3 Å². The molecular weight excluding hydrogens is 576 g/mol. The standard InChI is InChI=1S/C28H32O15/c1-37-12-5-3-11(4-6-12)13-8-39-15-7-16(26(38-2)22(33)18(15)19(13)30)42-28-25(36)23(34)21(32)17(43-28)10-41-27-24(35)20(31)14(29)9-40-27/h3-8,14,17,20-21,23-25,27-29,31-36H,9-10H2,1-2H3/t14-,17+,20-,21-,23-,24-,25-,27-,28-/m1/s1. The van der Waals surface area contributed by atoms with E-state index >= 15 is 0 Å². The van der Waals surface area contributed by atoms with Crippen LogP contribution < -0.4 is 19.6 Å². The number of phenolic OH excluding ortho intramolecular Hbond substituents is 1. The largest absolute Gasteiger partial charge is 0.504 e. The van der Waals surface area contributed by atoms with Crippen LogP contribution in [0.25, 0.3) is 22.1 Å². The number of ether oxygens (including phenoxy) is 6. The summed E-state index contributed by atoms with van der Waals surface area (Å²) in [5.41, 5.74) is 0.00139. The van der Waals surface area contributed by atoms with Gasteiger partial charge in [-0.15, -0.1) is 0 Å². The highest BCUT2D eigenvalue weighted by molar-refractivity contribution is 5.91. The molecule has 2 aromatic carbocycles. The molecule has 0 spiro atoms. The number of aromatic hydroxyl groups is 1. The van der Waals surface area contributed by atoms with Gasteiger partial charge in [-0.3, -0.25) is 4.79 Å². The van der Waals surface area contributed by atoms with Gasteiger partial charge in [0, 0.05) is 6.07 Å². The van der Waals surface area contributed by atoms with Crippen LogP contribution in [0.4, 0.5) is 0 Å². The number of phenols is 1. The Bertz CT molecular complexity index is 1470. The molecule has 234 valence electrons. The summed E-state index contributed by atoms with van der Waals surface area (Å²) in [7, 11) is 2.71. The van der Waals surface area contributed by atoms with E-state index in [1.54, 1.807) is 24.3 Å². The molecule has 0 amide bonds. The Morgan fingerprint density at radius 1 is 0.884 bits per heavy atom. The van der Waals surface area contributed by atoms with Crippen molar-refractivity contribution in [2.45, 2.75) is 55.3 Å². The van der Waals surface area contributed by atoms with Crippen molar-refractivity contribution in [3.8, 4) is 34.1 Å². The molecule has 5 rings (SSSR count). The Balaban J connectivity index is 1.39. The van der Waals surface area contributed by atoms with Crippen LogP contribution in [0, 0.1) is 0 Å². The molecule has 0 saturated carbocycles. The van der Waals surface area contributed by atoms with Gasteiger partial charge in [-0.05, 0) is 17.7 Å². The molecule has 15 heteroatoms. The summed E-state index contributed by atoms with van der Waals surface area (Å²) in [6, 6.07) is 7.85. The molecule has 2 saturated heterocycles. The van der Waals surface area contributed by atoms with Crippen molar-refractivity contribution in [2.24, 2.45) is 0 Å². The molecule has 1 aromatic heterocycles. The van der Waals surface area contributed by atoms with Gasteiger partial charge in [0.1, 0.15) is 65.7 Å². The zero-order valence-corrected chi connectivity index (χ0v) is 23.0. The van der Waals surface area contributed by atoms with Gasteiger partial charge in [-0.1, -0.05) is 12.1 Å². The van der Waals surface area contributed by atoms with Gasteiger partial charge >= 0.3 is 0 Å². The van der Waals surface area contributed by atoms with Gasteiger partial charge in [0.05, 0.1) is 33.0 Å². The van der Waals surface area contributed by atoms with Crippen molar-refractivity contribution in [2.75, 3.05) is 27.4 Å². The SMILES string of the molecule is COc1ccc(-c2coc3cc(O[C@@H]4O[C@@H](CO[C@H]5OC[C@@H](O)[C@@H](O)[C@H]5O)[C@@H](O)[C@@H](O)[C@H]4O)c(OC)c(O)c3c2=O)cc1. The molecule has 0 unspecified atom stereocenters. The number of hydrogen-bond donors (Lipinski definition) is 7. The fraction of sp³-hybridized carbons (Fsp3) is 0.464. The zero-order valence-electron chi connectivity index (χ0n) is 23.0. The summed E-state index contributed by atoms with van der Waals surface area (Å²) in [6.45, 7) is -0.828. The topological polar surface area (TPSA) is 227 Å². The number of aliphatic hydroxyl groups is 6. The summed E-state index contributed by atoms with van der Waals surface area (Å²) in [5, 5.41) is 71.9. The molecular formula is C28H32O15. The van der Waals surface area contributed by atoms with Crippen LogP contribution in [0.1, 0.15) is 0 Å². The summed E-state index contributed by atoms with van der Waals surface area (Å²) < 4.78 is 38.0. The zero-order chi connectivity index (χ0) is 31.0. The predicted octanol–water partition coefficient (Wildman–Crippen LogP) is -1.18. The maximum atomic E-state index is 13.4. The summed E-state index contributed by atoms with van der Waals surface area (Å²) in [6.07, 6.45) is -12.9. The average molecular weight is 609 g/mol. The van der Waals surface area contributed by atoms with Crippen LogP contribution in [0.5, 0.6) is 23.0 Å². The van der Waals surface area contributed by atoms with Gasteiger partial charge in [0.25, 0.3) is 0 Å². The Morgan fingerprint density at radius 3 is 2.26 bits per heavy atom. The molecule has 15 nitrogen and oxygen atoms in total. The molecule has 2 aliphatic rings. The molecule has 3 aromatic rings.